The molecule has 2 aromatic rings. The lowest BCUT2D eigenvalue weighted by Gasteiger charge is -1.99. The lowest BCUT2D eigenvalue weighted by atomic mass is 10.3. The summed E-state index contributed by atoms with van der Waals surface area (Å²) in [6.45, 7) is 1.81. The summed E-state index contributed by atoms with van der Waals surface area (Å²) in [4.78, 5) is 26.5. The largest absolute Gasteiger partial charge is 0.461 e. The minimum Gasteiger partial charge on any atom is -0.461 e. The first-order valence-electron chi connectivity index (χ1n) is 5.08. The van der Waals surface area contributed by atoms with Crippen LogP contribution >= 0.6 is 15.9 Å². The van der Waals surface area contributed by atoms with E-state index in [-0.39, 0.29) is 28.1 Å². The molecule has 0 bridgehead atoms. The van der Waals surface area contributed by atoms with Crippen molar-refractivity contribution in [1.82, 2.24) is 9.38 Å². The first-order valence-corrected chi connectivity index (χ1v) is 5.87. The summed E-state index contributed by atoms with van der Waals surface area (Å²) in [6.07, 6.45) is 1.82. The zero-order valence-electron chi connectivity index (χ0n) is 9.31. The number of imidazole rings is 1. The second kappa shape index (κ2) is 4.85. The number of aldehydes is 1. The Morgan fingerprint density at radius 2 is 2.39 bits per heavy atom. The molecule has 0 aliphatic rings. The Labute approximate surface area is 110 Å². The van der Waals surface area contributed by atoms with Gasteiger partial charge in [0.1, 0.15) is 17.2 Å². The number of carbonyl (C=O) groups is 2. The van der Waals surface area contributed by atoms with Crippen LogP contribution in [0.25, 0.3) is 5.65 Å². The zero-order valence-corrected chi connectivity index (χ0v) is 10.9. The topological polar surface area (TPSA) is 60.7 Å². The van der Waals surface area contributed by atoms with Crippen molar-refractivity contribution < 1.29 is 18.7 Å². The van der Waals surface area contributed by atoms with Crippen molar-refractivity contribution in [3.63, 3.8) is 0 Å². The zero-order chi connectivity index (χ0) is 13.3. The quantitative estimate of drug-likeness (QED) is 0.644. The molecular weight excluding hydrogens is 307 g/mol. The van der Waals surface area contributed by atoms with E-state index in [1.165, 1.54) is 10.6 Å². The summed E-state index contributed by atoms with van der Waals surface area (Å²) >= 11 is 3.00. The van der Waals surface area contributed by atoms with Crippen LogP contribution < -0.4 is 0 Å². The van der Waals surface area contributed by atoms with Gasteiger partial charge in [0.15, 0.2) is 12.0 Å². The fourth-order valence-electron chi connectivity index (χ4n) is 1.52. The summed E-state index contributed by atoms with van der Waals surface area (Å²) < 4.78 is 19.6. The van der Waals surface area contributed by atoms with Crippen molar-refractivity contribution in [3.05, 3.63) is 33.9 Å². The van der Waals surface area contributed by atoms with Gasteiger partial charge < -0.3 is 4.74 Å². The van der Waals surface area contributed by atoms with E-state index in [9.17, 15) is 14.0 Å². The molecule has 0 aliphatic carbocycles. The maximum absolute atomic E-state index is 13.3. The minimum atomic E-state index is -0.708. The van der Waals surface area contributed by atoms with Crippen LogP contribution in [-0.2, 0) is 4.74 Å². The van der Waals surface area contributed by atoms with Gasteiger partial charge in [-0.2, -0.15) is 0 Å². The Morgan fingerprint density at radius 3 is 3.00 bits per heavy atom. The lowest BCUT2D eigenvalue weighted by Crippen LogP contribution is -2.08. The van der Waals surface area contributed by atoms with E-state index in [0.29, 0.717) is 6.29 Å². The van der Waals surface area contributed by atoms with Gasteiger partial charge in [-0.05, 0) is 22.9 Å². The second-order valence-corrected chi connectivity index (χ2v) is 4.24. The molecule has 0 unspecified atom stereocenters. The smallest absolute Gasteiger partial charge is 0.359 e. The molecule has 0 saturated carbocycles. The fraction of sp³-hybridized carbons (Fsp3) is 0.182. The van der Waals surface area contributed by atoms with E-state index in [4.69, 9.17) is 4.74 Å². The van der Waals surface area contributed by atoms with Crippen molar-refractivity contribution >= 4 is 33.8 Å². The van der Waals surface area contributed by atoms with Crippen LogP contribution in [0.4, 0.5) is 4.39 Å². The van der Waals surface area contributed by atoms with Gasteiger partial charge in [-0.25, -0.2) is 14.2 Å². The maximum atomic E-state index is 13.3. The molecule has 0 spiro atoms. The number of pyridine rings is 1. The third-order valence-corrected chi connectivity index (χ3v) is 2.87. The Morgan fingerprint density at radius 1 is 1.67 bits per heavy atom. The van der Waals surface area contributed by atoms with Gasteiger partial charge in [-0.15, -0.1) is 0 Å². The predicted octanol–water partition coefficient (Wildman–Crippen LogP) is 2.23. The molecule has 0 amide bonds. The van der Waals surface area contributed by atoms with Crippen LogP contribution in [0, 0.1) is 5.82 Å². The molecule has 0 atom stereocenters. The third-order valence-electron chi connectivity index (χ3n) is 2.28. The maximum Gasteiger partial charge on any atom is 0.359 e. The van der Waals surface area contributed by atoms with Crippen LogP contribution in [0.15, 0.2) is 16.7 Å². The summed E-state index contributed by atoms with van der Waals surface area (Å²) in [5, 5.41) is 0. The first-order chi connectivity index (χ1) is 8.58. The molecule has 0 aromatic carbocycles. The van der Waals surface area contributed by atoms with E-state index in [1.807, 2.05) is 0 Å². The van der Waals surface area contributed by atoms with Crippen LogP contribution in [0.3, 0.4) is 0 Å². The van der Waals surface area contributed by atoms with Gasteiger partial charge in [0.2, 0.25) is 0 Å². The SMILES string of the molecule is CCOC(=O)c1nc2cc(F)c(Br)cn2c1C=O. The molecule has 2 aromatic heterocycles. The van der Waals surface area contributed by atoms with Gasteiger partial charge in [0, 0.05) is 12.3 Å². The standard InChI is InChI=1S/C11H8BrFN2O3/c1-2-18-11(17)10-8(5-16)15-4-6(12)7(13)3-9(15)14-10/h3-5H,2H2,1H3. The lowest BCUT2D eigenvalue weighted by molar-refractivity contribution is 0.0518. The van der Waals surface area contributed by atoms with Gasteiger partial charge in [0.25, 0.3) is 0 Å². The van der Waals surface area contributed by atoms with Crippen molar-refractivity contribution in [2.45, 2.75) is 6.92 Å². The monoisotopic (exact) mass is 314 g/mol. The van der Waals surface area contributed by atoms with E-state index in [2.05, 4.69) is 20.9 Å². The molecule has 0 fully saturated rings. The molecule has 0 aliphatic heterocycles. The second-order valence-electron chi connectivity index (χ2n) is 3.38. The highest BCUT2D eigenvalue weighted by atomic mass is 79.9. The van der Waals surface area contributed by atoms with E-state index in [1.54, 1.807) is 6.92 Å². The molecule has 2 rings (SSSR count). The average Bonchev–Trinajstić information content (AvgIpc) is 2.68. The van der Waals surface area contributed by atoms with E-state index < -0.39 is 11.8 Å². The van der Waals surface area contributed by atoms with Crippen molar-refractivity contribution in [2.75, 3.05) is 6.61 Å². The molecule has 0 radical (unpaired) electrons. The number of hydrogen-bond donors (Lipinski definition) is 0. The number of ether oxygens (including phenoxy) is 1. The molecular formula is C11H8BrFN2O3. The van der Waals surface area contributed by atoms with E-state index >= 15 is 0 Å². The molecule has 94 valence electrons. The first kappa shape index (κ1) is 12.7. The number of rotatable bonds is 3. The minimum absolute atomic E-state index is 0.0316. The highest BCUT2D eigenvalue weighted by Crippen LogP contribution is 2.20. The summed E-state index contributed by atoms with van der Waals surface area (Å²) in [5.41, 5.74) is 0.0781. The predicted molar refractivity (Wildman–Crippen MR) is 64.2 cm³/mol. The number of nitrogens with zero attached hydrogens (tertiary/aromatic N) is 2. The number of fused-ring (bicyclic) bond motifs is 1. The van der Waals surface area contributed by atoms with Gasteiger partial charge in [-0.3, -0.25) is 9.20 Å². The summed E-state index contributed by atoms with van der Waals surface area (Å²) in [6, 6.07) is 1.12. The third kappa shape index (κ3) is 2.01. The Kier molecular flexibility index (Phi) is 3.42. The van der Waals surface area contributed by atoms with Crippen LogP contribution in [-0.4, -0.2) is 28.2 Å². The highest BCUT2D eigenvalue weighted by molar-refractivity contribution is 9.10. The van der Waals surface area contributed by atoms with Crippen LogP contribution in [0.2, 0.25) is 0 Å². The van der Waals surface area contributed by atoms with Crippen molar-refractivity contribution in [1.29, 1.82) is 0 Å². The highest BCUT2D eigenvalue weighted by Gasteiger charge is 2.20. The van der Waals surface area contributed by atoms with Gasteiger partial charge >= 0.3 is 5.97 Å². The molecule has 0 saturated heterocycles. The molecule has 2 heterocycles. The normalized spacial score (nSPS) is 10.6. The summed E-state index contributed by atoms with van der Waals surface area (Å²) in [5.74, 6) is -1.24. The number of halogens is 2. The van der Waals surface area contributed by atoms with Crippen molar-refractivity contribution in [3.8, 4) is 0 Å². The fourth-order valence-corrected chi connectivity index (χ4v) is 1.84. The number of esters is 1. The van der Waals surface area contributed by atoms with Gasteiger partial charge in [-0.1, -0.05) is 0 Å². The van der Waals surface area contributed by atoms with Gasteiger partial charge in [0.05, 0.1) is 11.1 Å². The number of aromatic nitrogens is 2. The Hall–Kier alpha value is -1.76. The Bertz CT molecular complexity index is 639. The molecule has 7 heteroatoms. The Balaban J connectivity index is 2.68. The average molecular weight is 315 g/mol. The molecule has 18 heavy (non-hydrogen) atoms. The molecule has 5 nitrogen and oxygen atoms in total. The van der Waals surface area contributed by atoms with Crippen LogP contribution in [0.1, 0.15) is 27.9 Å². The van der Waals surface area contributed by atoms with Crippen LogP contribution in [0.5, 0.6) is 0 Å². The molecule has 0 N–H and O–H groups in total. The van der Waals surface area contributed by atoms with Crippen molar-refractivity contribution in [2.24, 2.45) is 0 Å². The van der Waals surface area contributed by atoms with E-state index in [0.717, 1.165) is 6.07 Å². The number of carbonyl (C=O) groups excluding carboxylic acids is 2. The number of hydrogen-bond acceptors (Lipinski definition) is 4. The summed E-state index contributed by atoms with van der Waals surface area (Å²) in [7, 11) is 0.